The fraction of sp³-hybridized carbons (Fsp3) is 0.900. The Kier molecular flexibility index (Phi) is 3.38. The van der Waals surface area contributed by atoms with Crippen molar-refractivity contribution in [3.8, 4) is 0 Å². The van der Waals surface area contributed by atoms with Crippen LogP contribution in [-0.2, 0) is 9.53 Å². The van der Waals surface area contributed by atoms with E-state index in [0.717, 1.165) is 0 Å². The Balaban J connectivity index is 2.83. The van der Waals surface area contributed by atoms with Gasteiger partial charge in [0.05, 0.1) is 18.1 Å². The Morgan fingerprint density at radius 2 is 2.13 bits per heavy atom. The number of rotatable bonds is 2. The number of aliphatic hydroxyl groups excluding tert-OH is 1. The van der Waals surface area contributed by atoms with Crippen molar-refractivity contribution in [2.75, 3.05) is 6.61 Å². The number of aliphatic hydroxyl groups is 3. The normalized spacial score (nSPS) is 34.9. The van der Waals surface area contributed by atoms with Crippen LogP contribution in [0.25, 0.3) is 0 Å². The Morgan fingerprint density at radius 3 is 2.67 bits per heavy atom. The van der Waals surface area contributed by atoms with E-state index < -0.39 is 23.3 Å². The van der Waals surface area contributed by atoms with E-state index in [2.05, 4.69) is 0 Å². The van der Waals surface area contributed by atoms with E-state index in [1.165, 1.54) is 6.92 Å². The van der Waals surface area contributed by atoms with E-state index in [0.29, 0.717) is 0 Å². The minimum atomic E-state index is -1.89. The molecule has 0 saturated heterocycles. The third-order valence-electron chi connectivity index (χ3n) is 2.95. The smallest absolute Gasteiger partial charge is 0.314 e. The summed E-state index contributed by atoms with van der Waals surface area (Å²) in [6.45, 7) is 3.38. The molecule has 0 aromatic carbocycles. The first-order chi connectivity index (χ1) is 6.82. The summed E-state index contributed by atoms with van der Waals surface area (Å²) in [6.07, 6.45) is -0.824. The van der Waals surface area contributed by atoms with Crippen LogP contribution >= 0.6 is 0 Å². The Hall–Kier alpha value is -0.650. The molecule has 0 unspecified atom stereocenters. The molecule has 5 heteroatoms. The first kappa shape index (κ1) is 12.4. The van der Waals surface area contributed by atoms with Gasteiger partial charge in [0, 0.05) is 12.8 Å². The molecule has 1 rings (SSSR count). The van der Waals surface area contributed by atoms with E-state index in [4.69, 9.17) is 4.74 Å². The molecule has 0 spiro atoms. The van der Waals surface area contributed by atoms with Crippen molar-refractivity contribution in [2.24, 2.45) is 5.41 Å². The maximum atomic E-state index is 11.6. The molecule has 0 amide bonds. The molecule has 0 heterocycles. The van der Waals surface area contributed by atoms with Crippen LogP contribution in [0.15, 0.2) is 0 Å². The van der Waals surface area contributed by atoms with Gasteiger partial charge in [-0.1, -0.05) is 0 Å². The van der Waals surface area contributed by atoms with Gasteiger partial charge in [-0.3, -0.25) is 4.79 Å². The molecule has 3 N–H and O–H groups in total. The molecule has 0 bridgehead atoms. The summed E-state index contributed by atoms with van der Waals surface area (Å²) >= 11 is 0. The lowest BCUT2D eigenvalue weighted by Gasteiger charge is -2.41. The predicted octanol–water partition coefficient (Wildman–Crippen LogP) is -0.218. The van der Waals surface area contributed by atoms with E-state index in [9.17, 15) is 20.1 Å². The molecule has 2 atom stereocenters. The maximum Gasteiger partial charge on any atom is 0.314 e. The summed E-state index contributed by atoms with van der Waals surface area (Å²) in [5.74, 6) is -2.47. The number of carbonyl (C=O) groups excluding carboxylic acids is 1. The monoisotopic (exact) mass is 218 g/mol. The Labute approximate surface area is 88.7 Å². The van der Waals surface area contributed by atoms with Crippen molar-refractivity contribution in [3.05, 3.63) is 0 Å². The van der Waals surface area contributed by atoms with Gasteiger partial charge < -0.3 is 20.1 Å². The van der Waals surface area contributed by atoms with Crippen molar-refractivity contribution < 1.29 is 24.9 Å². The van der Waals surface area contributed by atoms with Gasteiger partial charge in [0.15, 0.2) is 5.79 Å². The van der Waals surface area contributed by atoms with Crippen LogP contribution in [0.3, 0.4) is 0 Å². The predicted molar refractivity (Wildman–Crippen MR) is 51.8 cm³/mol. The Bertz CT molecular complexity index is 250. The highest BCUT2D eigenvalue weighted by Crippen LogP contribution is 2.41. The fourth-order valence-electron chi connectivity index (χ4n) is 1.98. The average molecular weight is 218 g/mol. The van der Waals surface area contributed by atoms with Crippen LogP contribution in [-0.4, -0.2) is 39.8 Å². The van der Waals surface area contributed by atoms with Crippen molar-refractivity contribution in [1.29, 1.82) is 0 Å². The highest BCUT2D eigenvalue weighted by Gasteiger charge is 2.51. The van der Waals surface area contributed by atoms with Crippen LogP contribution in [0.2, 0.25) is 0 Å². The SMILES string of the molecule is CCOC(=O)[C@@]1(C)CC(O)(O)CC[C@H]1O. The van der Waals surface area contributed by atoms with Crippen molar-refractivity contribution in [2.45, 2.75) is 45.0 Å². The molecule has 15 heavy (non-hydrogen) atoms. The molecule has 0 aliphatic heterocycles. The van der Waals surface area contributed by atoms with Gasteiger partial charge in [0.25, 0.3) is 0 Å². The van der Waals surface area contributed by atoms with Crippen LogP contribution in [0, 0.1) is 5.41 Å². The number of ether oxygens (including phenoxy) is 1. The van der Waals surface area contributed by atoms with Gasteiger partial charge in [0.1, 0.15) is 0 Å². The zero-order chi connectivity index (χ0) is 11.7. The standard InChI is InChI=1S/C10H18O5/c1-3-15-8(12)9(2)6-10(13,14)5-4-7(9)11/h7,11,13-14H,3-6H2,1-2H3/t7-,9+/m1/s1. The third kappa shape index (κ3) is 2.48. The summed E-state index contributed by atoms with van der Waals surface area (Å²) in [5, 5.41) is 28.7. The second kappa shape index (κ2) is 4.08. The first-order valence-electron chi connectivity index (χ1n) is 5.12. The van der Waals surface area contributed by atoms with Crippen LogP contribution in [0.5, 0.6) is 0 Å². The van der Waals surface area contributed by atoms with Crippen LogP contribution in [0.4, 0.5) is 0 Å². The maximum absolute atomic E-state index is 11.6. The number of hydrogen-bond acceptors (Lipinski definition) is 5. The quantitative estimate of drug-likeness (QED) is 0.440. The zero-order valence-electron chi connectivity index (χ0n) is 9.06. The van der Waals surface area contributed by atoms with E-state index in [1.54, 1.807) is 6.92 Å². The van der Waals surface area contributed by atoms with Gasteiger partial charge in [-0.25, -0.2) is 0 Å². The fourth-order valence-corrected chi connectivity index (χ4v) is 1.98. The molecule has 88 valence electrons. The molecule has 1 aliphatic rings. The summed E-state index contributed by atoms with van der Waals surface area (Å²) < 4.78 is 4.83. The first-order valence-corrected chi connectivity index (χ1v) is 5.12. The minimum Gasteiger partial charge on any atom is -0.465 e. The second-order valence-electron chi connectivity index (χ2n) is 4.35. The van der Waals surface area contributed by atoms with Crippen LogP contribution in [0.1, 0.15) is 33.1 Å². The lowest BCUT2D eigenvalue weighted by atomic mass is 9.70. The number of carbonyl (C=O) groups is 1. The molecule has 0 radical (unpaired) electrons. The molecular formula is C10H18O5. The van der Waals surface area contributed by atoms with Gasteiger partial charge in [-0.05, 0) is 20.3 Å². The molecular weight excluding hydrogens is 200 g/mol. The second-order valence-corrected chi connectivity index (χ2v) is 4.35. The molecule has 5 nitrogen and oxygen atoms in total. The molecule has 1 fully saturated rings. The number of esters is 1. The summed E-state index contributed by atoms with van der Waals surface area (Å²) in [7, 11) is 0. The summed E-state index contributed by atoms with van der Waals surface area (Å²) in [4.78, 5) is 11.6. The minimum absolute atomic E-state index is 0.0726. The Morgan fingerprint density at radius 1 is 1.53 bits per heavy atom. The summed E-state index contributed by atoms with van der Waals surface area (Å²) in [6, 6.07) is 0. The van der Waals surface area contributed by atoms with E-state index in [1.807, 2.05) is 0 Å². The molecule has 0 aromatic rings. The van der Waals surface area contributed by atoms with Gasteiger partial charge in [0.2, 0.25) is 0 Å². The van der Waals surface area contributed by atoms with Gasteiger partial charge >= 0.3 is 5.97 Å². The molecule has 1 aliphatic carbocycles. The van der Waals surface area contributed by atoms with Crippen molar-refractivity contribution >= 4 is 5.97 Å². The zero-order valence-corrected chi connectivity index (χ0v) is 9.06. The number of hydrogen-bond donors (Lipinski definition) is 3. The van der Waals surface area contributed by atoms with Crippen LogP contribution < -0.4 is 0 Å². The van der Waals surface area contributed by atoms with Gasteiger partial charge in [-0.2, -0.15) is 0 Å². The lowest BCUT2D eigenvalue weighted by Crippen LogP contribution is -2.52. The summed E-state index contributed by atoms with van der Waals surface area (Å²) in [5.41, 5.74) is -1.22. The topological polar surface area (TPSA) is 87.0 Å². The molecule has 1 saturated carbocycles. The lowest BCUT2D eigenvalue weighted by molar-refractivity contribution is -0.231. The molecule has 0 aromatic heterocycles. The van der Waals surface area contributed by atoms with Crippen molar-refractivity contribution in [3.63, 3.8) is 0 Å². The van der Waals surface area contributed by atoms with E-state index in [-0.39, 0.29) is 25.9 Å². The highest BCUT2D eigenvalue weighted by atomic mass is 16.5. The van der Waals surface area contributed by atoms with E-state index >= 15 is 0 Å². The largest absolute Gasteiger partial charge is 0.465 e. The van der Waals surface area contributed by atoms with Gasteiger partial charge in [-0.15, -0.1) is 0 Å². The third-order valence-corrected chi connectivity index (χ3v) is 2.95. The average Bonchev–Trinajstić information content (AvgIpc) is 2.12. The van der Waals surface area contributed by atoms with Crippen molar-refractivity contribution in [1.82, 2.24) is 0 Å². The highest BCUT2D eigenvalue weighted by molar-refractivity contribution is 5.77.